The molecule has 1 aliphatic heterocycles. The lowest BCUT2D eigenvalue weighted by Crippen LogP contribution is -2.40. The molecule has 15 heavy (non-hydrogen) atoms. The van der Waals surface area contributed by atoms with Gasteiger partial charge in [-0.05, 0) is 13.0 Å². The van der Waals surface area contributed by atoms with Gasteiger partial charge in [0.25, 0.3) is 0 Å². The zero-order valence-corrected chi connectivity index (χ0v) is 9.88. The van der Waals surface area contributed by atoms with Crippen LogP contribution in [-0.2, 0) is 4.74 Å². The van der Waals surface area contributed by atoms with E-state index in [0.717, 1.165) is 13.1 Å². The molecular formula is C12H24FNO. The number of unbranched alkanes of at least 4 members (excludes halogenated alkanes) is 5. The average molecular weight is 217 g/mol. The predicted octanol–water partition coefficient (Wildman–Crippen LogP) is 2.97. The molecule has 0 radical (unpaired) electrons. The quantitative estimate of drug-likeness (QED) is 0.608. The van der Waals surface area contributed by atoms with Gasteiger partial charge in [0, 0.05) is 6.54 Å². The molecule has 0 aromatic rings. The van der Waals surface area contributed by atoms with Crippen LogP contribution in [0.25, 0.3) is 0 Å². The molecule has 1 rings (SSSR count). The highest BCUT2D eigenvalue weighted by Gasteiger charge is 2.18. The molecule has 0 aromatic heterocycles. The average Bonchev–Trinajstić information content (AvgIpc) is 2.23. The van der Waals surface area contributed by atoms with E-state index >= 15 is 0 Å². The lowest BCUT2D eigenvalue weighted by Gasteiger charge is -2.28. The van der Waals surface area contributed by atoms with Crippen LogP contribution in [0.3, 0.4) is 0 Å². The lowest BCUT2D eigenvalue weighted by atomic mass is 10.1. The zero-order chi connectivity index (χ0) is 10.9. The summed E-state index contributed by atoms with van der Waals surface area (Å²) in [7, 11) is 0. The van der Waals surface area contributed by atoms with E-state index in [1.165, 1.54) is 38.5 Å². The van der Waals surface area contributed by atoms with Gasteiger partial charge in [0.15, 0.2) is 0 Å². The summed E-state index contributed by atoms with van der Waals surface area (Å²) in [5.41, 5.74) is 0. The van der Waals surface area contributed by atoms with Gasteiger partial charge in [0.1, 0.15) is 0 Å². The van der Waals surface area contributed by atoms with Gasteiger partial charge >= 0.3 is 0 Å². The SMILES string of the molecule is CCCCCCCCN1CCOC(F)C1. The first kappa shape index (κ1) is 12.9. The van der Waals surface area contributed by atoms with E-state index in [1.54, 1.807) is 0 Å². The Bertz CT molecular complexity index is 155. The zero-order valence-electron chi connectivity index (χ0n) is 9.88. The molecule has 0 spiro atoms. The molecular weight excluding hydrogens is 193 g/mol. The Hall–Kier alpha value is -0.150. The van der Waals surface area contributed by atoms with Crippen molar-refractivity contribution in [1.29, 1.82) is 0 Å². The highest BCUT2D eigenvalue weighted by atomic mass is 19.1. The van der Waals surface area contributed by atoms with Crippen LogP contribution in [0.1, 0.15) is 45.4 Å². The van der Waals surface area contributed by atoms with Crippen molar-refractivity contribution >= 4 is 0 Å². The van der Waals surface area contributed by atoms with Crippen molar-refractivity contribution in [2.75, 3.05) is 26.2 Å². The largest absolute Gasteiger partial charge is 0.346 e. The molecule has 0 amide bonds. The minimum absolute atomic E-state index is 0.467. The van der Waals surface area contributed by atoms with Crippen molar-refractivity contribution in [2.45, 2.75) is 51.8 Å². The van der Waals surface area contributed by atoms with E-state index in [-0.39, 0.29) is 0 Å². The third-order valence-electron chi connectivity index (χ3n) is 2.94. The van der Waals surface area contributed by atoms with E-state index in [9.17, 15) is 4.39 Å². The summed E-state index contributed by atoms with van der Waals surface area (Å²) in [6.45, 7) is 5.19. The van der Waals surface area contributed by atoms with E-state index < -0.39 is 6.36 Å². The van der Waals surface area contributed by atoms with Crippen molar-refractivity contribution in [3.8, 4) is 0 Å². The van der Waals surface area contributed by atoms with Gasteiger partial charge < -0.3 is 4.74 Å². The minimum Gasteiger partial charge on any atom is -0.346 e. The number of hydrogen-bond acceptors (Lipinski definition) is 2. The third kappa shape index (κ3) is 6.10. The van der Waals surface area contributed by atoms with Crippen LogP contribution >= 0.6 is 0 Å². The molecule has 2 nitrogen and oxygen atoms in total. The Morgan fingerprint density at radius 2 is 1.93 bits per heavy atom. The molecule has 0 saturated carbocycles. The van der Waals surface area contributed by atoms with Crippen molar-refractivity contribution < 1.29 is 9.13 Å². The summed E-state index contributed by atoms with van der Waals surface area (Å²) in [6.07, 6.45) is 6.77. The van der Waals surface area contributed by atoms with Gasteiger partial charge in [-0.2, -0.15) is 0 Å². The van der Waals surface area contributed by atoms with Crippen LogP contribution in [0.4, 0.5) is 4.39 Å². The summed E-state index contributed by atoms with van der Waals surface area (Å²) in [6, 6.07) is 0. The minimum atomic E-state index is -1.06. The Balaban J connectivity index is 1.90. The van der Waals surface area contributed by atoms with Gasteiger partial charge in [0.05, 0.1) is 13.2 Å². The first-order valence-electron chi connectivity index (χ1n) is 6.31. The number of nitrogens with zero attached hydrogens (tertiary/aromatic N) is 1. The third-order valence-corrected chi connectivity index (χ3v) is 2.94. The van der Waals surface area contributed by atoms with Crippen LogP contribution < -0.4 is 0 Å². The summed E-state index contributed by atoms with van der Waals surface area (Å²) < 4.78 is 17.7. The molecule has 1 unspecified atom stereocenters. The predicted molar refractivity (Wildman–Crippen MR) is 60.7 cm³/mol. The number of alkyl halides is 1. The van der Waals surface area contributed by atoms with Crippen LogP contribution in [0.2, 0.25) is 0 Å². The maximum Gasteiger partial charge on any atom is 0.211 e. The molecule has 1 atom stereocenters. The molecule has 1 aliphatic rings. The molecule has 1 heterocycles. The number of rotatable bonds is 7. The van der Waals surface area contributed by atoms with Gasteiger partial charge in [-0.15, -0.1) is 0 Å². The number of ether oxygens (including phenoxy) is 1. The Morgan fingerprint density at radius 1 is 1.20 bits per heavy atom. The molecule has 0 N–H and O–H groups in total. The summed E-state index contributed by atoms with van der Waals surface area (Å²) in [5.74, 6) is 0. The fraction of sp³-hybridized carbons (Fsp3) is 1.00. The smallest absolute Gasteiger partial charge is 0.211 e. The Labute approximate surface area is 92.8 Å². The Morgan fingerprint density at radius 3 is 2.67 bits per heavy atom. The molecule has 3 heteroatoms. The first-order valence-corrected chi connectivity index (χ1v) is 6.31. The van der Waals surface area contributed by atoms with Crippen LogP contribution in [0.15, 0.2) is 0 Å². The second-order valence-electron chi connectivity index (χ2n) is 4.35. The van der Waals surface area contributed by atoms with Crippen molar-refractivity contribution in [3.63, 3.8) is 0 Å². The van der Waals surface area contributed by atoms with Crippen LogP contribution in [0, 0.1) is 0 Å². The second-order valence-corrected chi connectivity index (χ2v) is 4.35. The standard InChI is InChI=1S/C12H24FNO/c1-2-3-4-5-6-7-8-14-9-10-15-12(13)11-14/h12H,2-11H2,1H3. The van der Waals surface area contributed by atoms with Gasteiger partial charge in [-0.1, -0.05) is 39.0 Å². The number of hydrogen-bond donors (Lipinski definition) is 0. The van der Waals surface area contributed by atoms with E-state index in [0.29, 0.717) is 13.2 Å². The molecule has 1 saturated heterocycles. The summed E-state index contributed by atoms with van der Waals surface area (Å²) in [5, 5.41) is 0. The van der Waals surface area contributed by atoms with Crippen LogP contribution in [-0.4, -0.2) is 37.5 Å². The van der Waals surface area contributed by atoms with Crippen LogP contribution in [0.5, 0.6) is 0 Å². The highest BCUT2D eigenvalue weighted by molar-refractivity contribution is 4.64. The van der Waals surface area contributed by atoms with Crippen molar-refractivity contribution in [3.05, 3.63) is 0 Å². The monoisotopic (exact) mass is 217 g/mol. The second kappa shape index (κ2) is 8.05. The molecule has 90 valence electrons. The van der Waals surface area contributed by atoms with Crippen molar-refractivity contribution in [1.82, 2.24) is 4.90 Å². The maximum absolute atomic E-state index is 12.8. The Kier molecular flexibility index (Phi) is 6.94. The fourth-order valence-corrected chi connectivity index (χ4v) is 1.98. The molecule has 0 bridgehead atoms. The fourth-order valence-electron chi connectivity index (χ4n) is 1.98. The van der Waals surface area contributed by atoms with Crippen molar-refractivity contribution in [2.24, 2.45) is 0 Å². The number of halogens is 1. The van der Waals surface area contributed by atoms with E-state index in [2.05, 4.69) is 11.8 Å². The maximum atomic E-state index is 12.8. The highest BCUT2D eigenvalue weighted by Crippen LogP contribution is 2.09. The first-order chi connectivity index (χ1) is 7.33. The van der Waals surface area contributed by atoms with Gasteiger partial charge in [-0.25, -0.2) is 4.39 Å². The summed E-state index contributed by atoms with van der Waals surface area (Å²) in [4.78, 5) is 2.17. The van der Waals surface area contributed by atoms with Gasteiger partial charge in [0.2, 0.25) is 6.36 Å². The lowest BCUT2D eigenvalue weighted by molar-refractivity contribution is -0.0981. The number of morpholine rings is 1. The molecule has 0 aliphatic carbocycles. The van der Waals surface area contributed by atoms with E-state index in [1.807, 2.05) is 0 Å². The summed E-state index contributed by atoms with van der Waals surface area (Å²) >= 11 is 0. The molecule has 0 aromatic carbocycles. The van der Waals surface area contributed by atoms with E-state index in [4.69, 9.17) is 4.74 Å². The van der Waals surface area contributed by atoms with Gasteiger partial charge in [-0.3, -0.25) is 4.90 Å². The normalized spacial score (nSPS) is 23.2. The topological polar surface area (TPSA) is 12.5 Å². The molecule has 1 fully saturated rings.